The van der Waals surface area contributed by atoms with E-state index in [1.165, 1.54) is 0 Å². The monoisotopic (exact) mass is 236 g/mol. The number of rotatable bonds is 2. The molecular formula is C10H12N4OS. The summed E-state index contributed by atoms with van der Waals surface area (Å²) in [7, 11) is 0. The van der Waals surface area contributed by atoms with Gasteiger partial charge in [0.25, 0.3) is 0 Å². The van der Waals surface area contributed by atoms with Crippen molar-refractivity contribution in [1.29, 1.82) is 0 Å². The van der Waals surface area contributed by atoms with E-state index < -0.39 is 11.9 Å². The lowest BCUT2D eigenvalue weighted by molar-refractivity contribution is -0.120. The van der Waals surface area contributed by atoms with Gasteiger partial charge in [0.2, 0.25) is 5.91 Å². The largest absolute Gasteiger partial charge is 0.368 e. The van der Waals surface area contributed by atoms with E-state index in [1.54, 1.807) is 17.7 Å². The van der Waals surface area contributed by atoms with Crippen LogP contribution >= 0.6 is 12.2 Å². The van der Waals surface area contributed by atoms with Crippen molar-refractivity contribution in [3.05, 3.63) is 22.6 Å². The third kappa shape index (κ3) is 1.61. The minimum atomic E-state index is -0.503. The first-order valence-corrected chi connectivity index (χ1v) is 5.27. The summed E-state index contributed by atoms with van der Waals surface area (Å²) < 4.78 is 2.09. The molecule has 0 bridgehead atoms. The van der Waals surface area contributed by atoms with Gasteiger partial charge in [-0.2, -0.15) is 0 Å². The number of amides is 1. The summed E-state index contributed by atoms with van der Waals surface area (Å²) in [4.78, 5) is 18.4. The van der Waals surface area contributed by atoms with E-state index in [0.717, 1.165) is 11.1 Å². The van der Waals surface area contributed by atoms with Crippen LogP contribution in [0.25, 0.3) is 11.2 Å². The lowest BCUT2D eigenvalue weighted by atomic mass is 10.3. The van der Waals surface area contributed by atoms with Gasteiger partial charge in [-0.05, 0) is 37.7 Å². The SMILES string of the molecule is Cc1cnc2c(c1)[nH]c(=S)n2C(C)C(N)=O. The zero-order chi connectivity index (χ0) is 11.9. The number of aromatic nitrogens is 3. The van der Waals surface area contributed by atoms with Gasteiger partial charge < -0.3 is 10.7 Å². The van der Waals surface area contributed by atoms with E-state index in [2.05, 4.69) is 9.97 Å². The Morgan fingerprint density at radius 1 is 1.69 bits per heavy atom. The maximum absolute atomic E-state index is 11.2. The fraction of sp³-hybridized carbons (Fsp3) is 0.300. The first-order chi connectivity index (χ1) is 7.50. The smallest absolute Gasteiger partial charge is 0.240 e. The highest BCUT2D eigenvalue weighted by Crippen LogP contribution is 2.17. The number of pyridine rings is 1. The Hall–Kier alpha value is -1.69. The highest BCUT2D eigenvalue weighted by atomic mass is 32.1. The number of carbonyl (C=O) groups excluding carboxylic acids is 1. The molecule has 5 nitrogen and oxygen atoms in total. The number of aromatic amines is 1. The summed E-state index contributed by atoms with van der Waals surface area (Å²) in [5.41, 5.74) is 7.77. The van der Waals surface area contributed by atoms with Crippen LogP contribution < -0.4 is 5.73 Å². The van der Waals surface area contributed by atoms with Crippen LogP contribution in [0.5, 0.6) is 0 Å². The Labute approximate surface area is 97.3 Å². The minimum Gasteiger partial charge on any atom is -0.368 e. The van der Waals surface area contributed by atoms with Crippen LogP contribution in [0.3, 0.4) is 0 Å². The molecule has 0 radical (unpaired) electrons. The van der Waals surface area contributed by atoms with Gasteiger partial charge in [-0.25, -0.2) is 4.98 Å². The number of fused-ring (bicyclic) bond motifs is 1. The fourth-order valence-electron chi connectivity index (χ4n) is 1.60. The van der Waals surface area contributed by atoms with Crippen LogP contribution in [0, 0.1) is 11.7 Å². The van der Waals surface area contributed by atoms with Gasteiger partial charge in [-0.15, -0.1) is 0 Å². The number of aryl methyl sites for hydroxylation is 1. The third-order valence-electron chi connectivity index (χ3n) is 2.49. The molecule has 3 N–H and O–H groups in total. The molecule has 1 unspecified atom stereocenters. The van der Waals surface area contributed by atoms with E-state index in [4.69, 9.17) is 18.0 Å². The minimum absolute atomic E-state index is 0.431. The van der Waals surface area contributed by atoms with Crippen molar-refractivity contribution in [2.45, 2.75) is 19.9 Å². The molecule has 0 spiro atoms. The number of primary amides is 1. The Balaban J connectivity index is 2.74. The predicted molar refractivity (Wildman–Crippen MR) is 63.6 cm³/mol. The van der Waals surface area contributed by atoms with Crippen LogP contribution in [0.4, 0.5) is 0 Å². The van der Waals surface area contributed by atoms with Crippen molar-refractivity contribution in [3.8, 4) is 0 Å². The van der Waals surface area contributed by atoms with Gasteiger partial charge in [0.15, 0.2) is 10.4 Å². The maximum Gasteiger partial charge on any atom is 0.240 e. The topological polar surface area (TPSA) is 76.7 Å². The average Bonchev–Trinajstić information content (AvgIpc) is 2.51. The normalized spacial score (nSPS) is 12.9. The molecular weight excluding hydrogens is 224 g/mol. The van der Waals surface area contributed by atoms with E-state index in [0.29, 0.717) is 10.4 Å². The van der Waals surface area contributed by atoms with Crippen molar-refractivity contribution in [2.24, 2.45) is 5.73 Å². The molecule has 16 heavy (non-hydrogen) atoms. The summed E-state index contributed by atoms with van der Waals surface area (Å²) >= 11 is 5.15. The number of nitrogens with zero attached hydrogens (tertiary/aromatic N) is 2. The molecule has 1 amide bonds. The van der Waals surface area contributed by atoms with Gasteiger partial charge in [0, 0.05) is 6.20 Å². The number of carbonyl (C=O) groups is 1. The molecule has 0 saturated carbocycles. The van der Waals surface area contributed by atoms with E-state index >= 15 is 0 Å². The summed E-state index contributed by atoms with van der Waals surface area (Å²) in [5.74, 6) is -0.431. The second-order valence-electron chi connectivity index (χ2n) is 3.76. The average molecular weight is 236 g/mol. The van der Waals surface area contributed by atoms with Crippen LogP contribution in [0.15, 0.2) is 12.3 Å². The van der Waals surface area contributed by atoms with Gasteiger partial charge in [-0.3, -0.25) is 9.36 Å². The quantitative estimate of drug-likeness (QED) is 0.775. The molecule has 0 aliphatic heterocycles. The number of hydrogen-bond acceptors (Lipinski definition) is 3. The molecule has 1 atom stereocenters. The van der Waals surface area contributed by atoms with E-state index in [1.807, 2.05) is 13.0 Å². The van der Waals surface area contributed by atoms with Crippen molar-refractivity contribution < 1.29 is 4.79 Å². The molecule has 2 heterocycles. The molecule has 0 aliphatic carbocycles. The number of hydrogen-bond donors (Lipinski definition) is 2. The Bertz CT molecular complexity index is 613. The summed E-state index contributed by atoms with van der Waals surface area (Å²) in [6, 6.07) is 1.43. The molecule has 84 valence electrons. The lowest BCUT2D eigenvalue weighted by Crippen LogP contribution is -2.24. The van der Waals surface area contributed by atoms with Crippen LogP contribution in [-0.2, 0) is 4.79 Å². The fourth-order valence-corrected chi connectivity index (χ4v) is 1.96. The number of nitrogens with one attached hydrogen (secondary N) is 1. The first-order valence-electron chi connectivity index (χ1n) is 4.87. The van der Waals surface area contributed by atoms with Gasteiger partial charge >= 0.3 is 0 Å². The van der Waals surface area contributed by atoms with Crippen LogP contribution in [-0.4, -0.2) is 20.4 Å². The zero-order valence-corrected chi connectivity index (χ0v) is 9.84. The Kier molecular flexibility index (Phi) is 2.51. The van der Waals surface area contributed by atoms with Crippen LogP contribution in [0.2, 0.25) is 0 Å². The molecule has 2 aromatic heterocycles. The molecule has 0 aliphatic rings. The second-order valence-corrected chi connectivity index (χ2v) is 4.15. The van der Waals surface area contributed by atoms with Crippen LogP contribution in [0.1, 0.15) is 18.5 Å². The number of imidazole rings is 1. The summed E-state index contributed by atoms with van der Waals surface area (Å²) in [5, 5.41) is 0. The standard InChI is InChI=1S/C10H12N4OS/c1-5-3-7-9(12-4-5)14(10(16)13-7)6(2)8(11)15/h3-4,6H,1-2H3,(H2,11,15)(H,13,16). The first kappa shape index (κ1) is 10.8. The third-order valence-corrected chi connectivity index (χ3v) is 2.79. The molecule has 2 rings (SSSR count). The Morgan fingerprint density at radius 2 is 2.38 bits per heavy atom. The van der Waals surface area contributed by atoms with Crippen molar-refractivity contribution in [1.82, 2.24) is 14.5 Å². The summed E-state index contributed by atoms with van der Waals surface area (Å²) in [6.07, 6.45) is 1.73. The van der Waals surface area contributed by atoms with Crippen molar-refractivity contribution in [2.75, 3.05) is 0 Å². The highest BCUT2D eigenvalue weighted by Gasteiger charge is 2.16. The van der Waals surface area contributed by atoms with Crippen molar-refractivity contribution in [3.63, 3.8) is 0 Å². The van der Waals surface area contributed by atoms with E-state index in [9.17, 15) is 4.79 Å². The van der Waals surface area contributed by atoms with Gasteiger partial charge in [-0.1, -0.05) is 0 Å². The highest BCUT2D eigenvalue weighted by molar-refractivity contribution is 7.71. The Morgan fingerprint density at radius 3 is 3.00 bits per heavy atom. The molecule has 0 saturated heterocycles. The second kappa shape index (κ2) is 3.71. The summed E-state index contributed by atoms with van der Waals surface area (Å²) in [6.45, 7) is 3.64. The predicted octanol–water partition coefficient (Wildman–Crippen LogP) is 1.45. The number of H-pyrrole nitrogens is 1. The van der Waals surface area contributed by atoms with Crippen molar-refractivity contribution >= 4 is 29.3 Å². The maximum atomic E-state index is 11.2. The zero-order valence-electron chi connectivity index (χ0n) is 9.02. The van der Waals surface area contributed by atoms with Gasteiger partial charge in [0.1, 0.15) is 6.04 Å². The molecule has 0 aromatic carbocycles. The van der Waals surface area contributed by atoms with E-state index in [-0.39, 0.29) is 0 Å². The molecule has 0 fully saturated rings. The molecule has 2 aromatic rings. The number of nitrogens with two attached hydrogens (primary N) is 1. The lowest BCUT2D eigenvalue weighted by Gasteiger charge is -2.09. The molecule has 6 heteroatoms. The van der Waals surface area contributed by atoms with Gasteiger partial charge in [0.05, 0.1) is 5.52 Å².